The van der Waals surface area contributed by atoms with Gasteiger partial charge in [-0.2, -0.15) is 5.10 Å². The van der Waals surface area contributed by atoms with Crippen molar-refractivity contribution in [2.75, 3.05) is 0 Å². The minimum absolute atomic E-state index is 0.230. The average Bonchev–Trinajstić information content (AvgIpc) is 2.82. The van der Waals surface area contributed by atoms with Gasteiger partial charge in [-0.3, -0.25) is 4.79 Å². The molecule has 0 atom stereocenters. The fourth-order valence-electron chi connectivity index (χ4n) is 1.28. The van der Waals surface area contributed by atoms with Crippen LogP contribution in [-0.4, -0.2) is 17.1 Å². The van der Waals surface area contributed by atoms with Crippen LogP contribution in [0, 0.1) is 5.82 Å². The number of benzene rings is 1. The number of aromatic nitrogens is 1. The lowest BCUT2D eigenvalue weighted by atomic mass is 10.2. The third-order valence-electron chi connectivity index (χ3n) is 2.08. The third kappa shape index (κ3) is 3.01. The van der Waals surface area contributed by atoms with Gasteiger partial charge in [-0.1, -0.05) is 6.07 Å². The van der Waals surface area contributed by atoms with Gasteiger partial charge in [0.25, 0.3) is 5.91 Å². The molecule has 1 aromatic carbocycles. The fourth-order valence-corrected chi connectivity index (χ4v) is 1.28. The first-order valence-electron chi connectivity index (χ1n) is 4.98. The molecular formula is C12H10FN3O. The van der Waals surface area contributed by atoms with E-state index in [0.29, 0.717) is 0 Å². The number of carbonyl (C=O) groups excluding carboxylic acids is 1. The highest BCUT2D eigenvalue weighted by molar-refractivity contribution is 5.94. The number of amides is 1. The van der Waals surface area contributed by atoms with E-state index in [1.165, 1.54) is 24.4 Å². The largest absolute Gasteiger partial charge is 0.360 e. The van der Waals surface area contributed by atoms with E-state index in [1.54, 1.807) is 12.3 Å². The van der Waals surface area contributed by atoms with Gasteiger partial charge in [0.05, 0.1) is 11.9 Å². The van der Waals surface area contributed by atoms with E-state index in [1.807, 2.05) is 6.07 Å². The van der Waals surface area contributed by atoms with Crippen LogP contribution in [-0.2, 0) is 0 Å². The minimum atomic E-state index is -0.453. The van der Waals surface area contributed by atoms with Crippen molar-refractivity contribution in [2.24, 2.45) is 5.10 Å². The van der Waals surface area contributed by atoms with Crippen molar-refractivity contribution >= 4 is 12.1 Å². The fraction of sp³-hybridized carbons (Fsp3) is 0. The molecule has 2 rings (SSSR count). The lowest BCUT2D eigenvalue weighted by molar-refractivity contribution is 0.0954. The number of nitrogens with one attached hydrogen (secondary N) is 2. The Hall–Kier alpha value is -2.43. The van der Waals surface area contributed by atoms with Crippen LogP contribution in [0.3, 0.4) is 0 Å². The van der Waals surface area contributed by atoms with Crippen molar-refractivity contribution in [1.29, 1.82) is 0 Å². The summed E-state index contributed by atoms with van der Waals surface area (Å²) in [7, 11) is 0. The van der Waals surface area contributed by atoms with Crippen LogP contribution in [0.2, 0.25) is 0 Å². The monoisotopic (exact) mass is 231 g/mol. The molecule has 0 radical (unpaired) electrons. The summed E-state index contributed by atoms with van der Waals surface area (Å²) in [6.45, 7) is 0. The predicted octanol–water partition coefficient (Wildman–Crippen LogP) is 1.92. The van der Waals surface area contributed by atoms with Crippen molar-refractivity contribution in [2.45, 2.75) is 0 Å². The van der Waals surface area contributed by atoms with Crippen LogP contribution in [0.1, 0.15) is 16.1 Å². The van der Waals surface area contributed by atoms with E-state index in [2.05, 4.69) is 15.5 Å². The van der Waals surface area contributed by atoms with Crippen LogP contribution in [0.4, 0.5) is 4.39 Å². The molecule has 2 aromatic rings. The molecule has 1 aromatic heterocycles. The number of carbonyl (C=O) groups is 1. The van der Waals surface area contributed by atoms with Crippen LogP contribution in [0.15, 0.2) is 47.7 Å². The van der Waals surface area contributed by atoms with Crippen molar-refractivity contribution in [3.05, 3.63) is 59.7 Å². The molecule has 0 aliphatic heterocycles. The Morgan fingerprint density at radius 2 is 2.24 bits per heavy atom. The van der Waals surface area contributed by atoms with Gasteiger partial charge in [-0.05, 0) is 30.3 Å². The summed E-state index contributed by atoms with van der Waals surface area (Å²) in [4.78, 5) is 14.4. The highest BCUT2D eigenvalue weighted by atomic mass is 19.1. The number of hydrogen-bond acceptors (Lipinski definition) is 2. The zero-order chi connectivity index (χ0) is 12.1. The molecule has 0 spiro atoms. The predicted molar refractivity (Wildman–Crippen MR) is 62.3 cm³/mol. The summed E-state index contributed by atoms with van der Waals surface area (Å²) in [5, 5.41) is 3.74. The summed E-state index contributed by atoms with van der Waals surface area (Å²) in [6, 6.07) is 9.04. The van der Waals surface area contributed by atoms with Crippen LogP contribution >= 0.6 is 0 Å². The molecule has 0 saturated carbocycles. The number of nitrogens with zero attached hydrogens (tertiary/aromatic N) is 1. The highest BCUT2D eigenvalue weighted by Gasteiger charge is 2.04. The first-order valence-corrected chi connectivity index (χ1v) is 4.98. The molecule has 0 bridgehead atoms. The topological polar surface area (TPSA) is 57.2 Å². The van der Waals surface area contributed by atoms with Gasteiger partial charge in [0.15, 0.2) is 0 Å². The maximum atomic E-state index is 12.8. The molecule has 5 heteroatoms. The molecule has 0 saturated heterocycles. The minimum Gasteiger partial charge on any atom is -0.360 e. The Labute approximate surface area is 97.2 Å². The van der Waals surface area contributed by atoms with Gasteiger partial charge in [0.1, 0.15) is 5.82 Å². The van der Waals surface area contributed by atoms with Gasteiger partial charge in [-0.25, -0.2) is 9.82 Å². The van der Waals surface area contributed by atoms with E-state index in [0.717, 1.165) is 11.8 Å². The Morgan fingerprint density at radius 1 is 1.35 bits per heavy atom. The molecule has 1 heterocycles. The molecule has 17 heavy (non-hydrogen) atoms. The molecular weight excluding hydrogens is 221 g/mol. The second-order valence-electron chi connectivity index (χ2n) is 3.33. The van der Waals surface area contributed by atoms with Crippen LogP contribution in [0.5, 0.6) is 0 Å². The average molecular weight is 231 g/mol. The Kier molecular flexibility index (Phi) is 3.30. The molecule has 0 aliphatic rings. The molecule has 1 amide bonds. The lowest BCUT2D eigenvalue weighted by Gasteiger charge is -1.98. The Morgan fingerprint density at radius 3 is 2.94 bits per heavy atom. The second-order valence-corrected chi connectivity index (χ2v) is 3.33. The van der Waals surface area contributed by atoms with Gasteiger partial charge >= 0.3 is 0 Å². The molecule has 2 N–H and O–H groups in total. The van der Waals surface area contributed by atoms with Crippen molar-refractivity contribution in [1.82, 2.24) is 10.4 Å². The zero-order valence-corrected chi connectivity index (χ0v) is 8.85. The van der Waals surface area contributed by atoms with Gasteiger partial charge < -0.3 is 4.98 Å². The number of halogens is 1. The van der Waals surface area contributed by atoms with Crippen molar-refractivity contribution in [3.63, 3.8) is 0 Å². The number of rotatable bonds is 3. The second kappa shape index (κ2) is 5.07. The molecule has 86 valence electrons. The number of hydrogen-bond donors (Lipinski definition) is 2. The maximum absolute atomic E-state index is 12.8. The summed E-state index contributed by atoms with van der Waals surface area (Å²) < 4.78 is 12.8. The SMILES string of the molecule is O=C(NN=Cc1ccc[nH]1)c1cccc(F)c1. The standard InChI is InChI=1S/C12H10FN3O/c13-10-4-1-3-9(7-10)12(17)16-15-8-11-5-2-6-14-11/h1-8,14H,(H,16,17). The van der Waals surface area contributed by atoms with Gasteiger partial charge in [0.2, 0.25) is 0 Å². The highest BCUT2D eigenvalue weighted by Crippen LogP contribution is 2.02. The van der Waals surface area contributed by atoms with E-state index < -0.39 is 11.7 Å². The molecule has 0 fully saturated rings. The summed E-state index contributed by atoms with van der Waals surface area (Å²) in [5.41, 5.74) is 3.31. The molecule has 0 aliphatic carbocycles. The quantitative estimate of drug-likeness (QED) is 0.615. The van der Waals surface area contributed by atoms with Crippen molar-refractivity contribution in [3.8, 4) is 0 Å². The lowest BCUT2D eigenvalue weighted by Crippen LogP contribution is -2.17. The Balaban J connectivity index is 1.98. The van der Waals surface area contributed by atoms with E-state index in [4.69, 9.17) is 0 Å². The van der Waals surface area contributed by atoms with E-state index in [-0.39, 0.29) is 5.56 Å². The number of aromatic amines is 1. The maximum Gasteiger partial charge on any atom is 0.271 e. The van der Waals surface area contributed by atoms with Gasteiger partial charge in [0, 0.05) is 11.8 Å². The van der Waals surface area contributed by atoms with Crippen LogP contribution < -0.4 is 5.43 Å². The number of H-pyrrole nitrogens is 1. The summed E-state index contributed by atoms with van der Waals surface area (Å²) in [5.74, 6) is -0.904. The zero-order valence-electron chi connectivity index (χ0n) is 8.85. The first kappa shape index (κ1) is 11.1. The molecule has 4 nitrogen and oxygen atoms in total. The molecule has 0 unspecified atom stereocenters. The van der Waals surface area contributed by atoms with Crippen molar-refractivity contribution < 1.29 is 9.18 Å². The third-order valence-corrected chi connectivity index (χ3v) is 2.08. The first-order chi connectivity index (χ1) is 8.25. The Bertz CT molecular complexity index is 534. The normalized spacial score (nSPS) is 10.6. The summed E-state index contributed by atoms with van der Waals surface area (Å²) >= 11 is 0. The summed E-state index contributed by atoms with van der Waals surface area (Å²) in [6.07, 6.45) is 3.22. The van der Waals surface area contributed by atoms with Crippen LogP contribution in [0.25, 0.3) is 0 Å². The van der Waals surface area contributed by atoms with Gasteiger partial charge in [-0.15, -0.1) is 0 Å². The van der Waals surface area contributed by atoms with E-state index in [9.17, 15) is 9.18 Å². The smallest absolute Gasteiger partial charge is 0.271 e. The number of hydrazone groups is 1. The van der Waals surface area contributed by atoms with E-state index >= 15 is 0 Å².